The number of amides is 1. The topological polar surface area (TPSA) is 98.5 Å². The number of anilines is 1. The second-order valence-electron chi connectivity index (χ2n) is 8.48. The Bertz CT molecular complexity index is 1380. The summed E-state index contributed by atoms with van der Waals surface area (Å²) in [7, 11) is 1.56. The molecule has 1 aromatic carbocycles. The molecule has 10 nitrogen and oxygen atoms in total. The predicted octanol–water partition coefficient (Wildman–Crippen LogP) is 3.36. The van der Waals surface area contributed by atoms with Crippen LogP contribution in [0.5, 0.6) is 11.6 Å². The highest BCUT2D eigenvalue weighted by Gasteiger charge is 2.24. The van der Waals surface area contributed by atoms with Crippen molar-refractivity contribution in [2.45, 2.75) is 13.2 Å². The van der Waals surface area contributed by atoms with Crippen LogP contribution in [0.15, 0.2) is 67.1 Å². The number of piperazine rings is 1. The van der Waals surface area contributed by atoms with Crippen LogP contribution in [-0.2, 0) is 11.3 Å². The van der Waals surface area contributed by atoms with E-state index in [1.165, 1.54) is 18.6 Å². The average molecular weight is 522 g/mol. The van der Waals surface area contributed by atoms with E-state index in [-0.39, 0.29) is 18.2 Å². The molecular weight excluding hydrogens is 496 g/mol. The van der Waals surface area contributed by atoms with Gasteiger partial charge in [-0.05, 0) is 23.8 Å². The SMILES string of the molecule is COc1cc(N2CCN(C(=O)Cn3nc(-c4ccc(OC(F)F)cn4)cc3-c3ccccc3)CC2)ncn1. The summed E-state index contributed by atoms with van der Waals surface area (Å²) in [5.41, 5.74) is 2.63. The van der Waals surface area contributed by atoms with Gasteiger partial charge < -0.3 is 19.3 Å². The van der Waals surface area contributed by atoms with Crippen LogP contribution in [0, 0.1) is 0 Å². The molecule has 12 heteroatoms. The number of halogens is 2. The zero-order valence-corrected chi connectivity index (χ0v) is 20.6. The number of hydrogen-bond donors (Lipinski definition) is 0. The molecule has 4 aromatic rings. The van der Waals surface area contributed by atoms with Crippen molar-refractivity contribution in [3.05, 3.63) is 67.1 Å². The standard InChI is InChI=1S/C26H25F2N7O3/c1-37-24-14-23(30-17-31-24)33-9-11-34(12-10-33)25(36)16-35-22(18-5-3-2-4-6-18)13-21(32-35)20-8-7-19(15-29-20)38-26(27)28/h2-8,13-15,17,26H,9-12,16H2,1H3. The lowest BCUT2D eigenvalue weighted by Crippen LogP contribution is -2.50. The first kappa shape index (κ1) is 25.1. The molecule has 5 rings (SSSR count). The molecule has 0 atom stereocenters. The Morgan fingerprint density at radius 3 is 2.45 bits per heavy atom. The zero-order valence-electron chi connectivity index (χ0n) is 20.6. The minimum absolute atomic E-state index is 0.0398. The Kier molecular flexibility index (Phi) is 7.38. The summed E-state index contributed by atoms with van der Waals surface area (Å²) in [6.07, 6.45) is 2.68. The van der Waals surface area contributed by atoms with Crippen molar-refractivity contribution in [3.8, 4) is 34.3 Å². The number of hydrogen-bond acceptors (Lipinski definition) is 8. The van der Waals surface area contributed by atoms with E-state index in [1.54, 1.807) is 28.8 Å². The van der Waals surface area contributed by atoms with Gasteiger partial charge in [-0.25, -0.2) is 9.97 Å². The van der Waals surface area contributed by atoms with Crippen molar-refractivity contribution in [2.75, 3.05) is 38.2 Å². The first-order valence-electron chi connectivity index (χ1n) is 11.9. The van der Waals surface area contributed by atoms with Crippen LogP contribution in [-0.4, -0.2) is 75.4 Å². The van der Waals surface area contributed by atoms with E-state index >= 15 is 0 Å². The van der Waals surface area contributed by atoms with Gasteiger partial charge >= 0.3 is 6.61 Å². The molecule has 0 N–H and O–H groups in total. The number of nitrogens with zero attached hydrogens (tertiary/aromatic N) is 7. The Morgan fingerprint density at radius 2 is 1.76 bits per heavy atom. The number of benzene rings is 1. The van der Waals surface area contributed by atoms with Crippen molar-refractivity contribution in [3.63, 3.8) is 0 Å². The minimum atomic E-state index is -2.93. The maximum absolute atomic E-state index is 13.3. The quantitative estimate of drug-likeness (QED) is 0.348. The third-order valence-corrected chi connectivity index (χ3v) is 6.15. The predicted molar refractivity (Wildman–Crippen MR) is 135 cm³/mol. The Hall–Kier alpha value is -4.61. The summed E-state index contributed by atoms with van der Waals surface area (Å²) >= 11 is 0. The first-order chi connectivity index (χ1) is 18.5. The molecule has 1 amide bonds. The van der Waals surface area contributed by atoms with Gasteiger partial charge in [0, 0.05) is 32.2 Å². The van der Waals surface area contributed by atoms with E-state index in [0.717, 1.165) is 17.1 Å². The van der Waals surface area contributed by atoms with E-state index in [0.29, 0.717) is 43.4 Å². The molecule has 4 heterocycles. The highest BCUT2D eigenvalue weighted by molar-refractivity contribution is 5.78. The summed E-state index contributed by atoms with van der Waals surface area (Å²) in [6, 6.07) is 16.2. The van der Waals surface area contributed by atoms with E-state index in [9.17, 15) is 13.6 Å². The fourth-order valence-corrected chi connectivity index (χ4v) is 4.24. The molecule has 0 saturated carbocycles. The maximum Gasteiger partial charge on any atom is 0.387 e. The van der Waals surface area contributed by atoms with Gasteiger partial charge in [0.2, 0.25) is 11.8 Å². The third kappa shape index (κ3) is 5.69. The van der Waals surface area contributed by atoms with Gasteiger partial charge in [-0.3, -0.25) is 14.5 Å². The third-order valence-electron chi connectivity index (χ3n) is 6.15. The molecule has 38 heavy (non-hydrogen) atoms. The van der Waals surface area contributed by atoms with Gasteiger partial charge in [0.25, 0.3) is 0 Å². The molecule has 0 unspecified atom stereocenters. The number of methoxy groups -OCH3 is 1. The normalized spacial score (nSPS) is 13.6. The van der Waals surface area contributed by atoms with Gasteiger partial charge in [-0.1, -0.05) is 30.3 Å². The number of aromatic nitrogens is 5. The molecule has 196 valence electrons. The second kappa shape index (κ2) is 11.2. The van der Waals surface area contributed by atoms with E-state index in [4.69, 9.17) is 4.74 Å². The van der Waals surface area contributed by atoms with Crippen LogP contribution in [0.4, 0.5) is 14.6 Å². The van der Waals surface area contributed by atoms with E-state index in [1.807, 2.05) is 36.4 Å². The monoisotopic (exact) mass is 521 g/mol. The summed E-state index contributed by atoms with van der Waals surface area (Å²) in [6.45, 7) is -0.571. The maximum atomic E-state index is 13.3. The highest BCUT2D eigenvalue weighted by Crippen LogP contribution is 2.27. The molecule has 1 aliphatic heterocycles. The van der Waals surface area contributed by atoms with Crippen LogP contribution < -0.4 is 14.4 Å². The van der Waals surface area contributed by atoms with Gasteiger partial charge in [0.05, 0.1) is 24.7 Å². The zero-order chi connectivity index (χ0) is 26.5. The van der Waals surface area contributed by atoms with Crippen LogP contribution in [0.2, 0.25) is 0 Å². The summed E-state index contributed by atoms with van der Waals surface area (Å²) < 4.78 is 36.2. The molecule has 1 fully saturated rings. The number of rotatable bonds is 8. The van der Waals surface area contributed by atoms with Crippen LogP contribution in [0.25, 0.3) is 22.6 Å². The number of carbonyl (C=O) groups is 1. The van der Waals surface area contributed by atoms with Crippen LogP contribution in [0.1, 0.15) is 0 Å². The molecular formula is C26H25F2N7O3. The average Bonchev–Trinajstić information content (AvgIpc) is 3.37. The molecule has 0 bridgehead atoms. The minimum Gasteiger partial charge on any atom is -0.481 e. The molecule has 0 aliphatic carbocycles. The molecule has 1 aliphatic rings. The van der Waals surface area contributed by atoms with Crippen molar-refractivity contribution < 1.29 is 23.0 Å². The number of ether oxygens (including phenoxy) is 2. The first-order valence-corrected chi connectivity index (χ1v) is 11.9. The van der Waals surface area contributed by atoms with Crippen molar-refractivity contribution >= 4 is 11.7 Å². The van der Waals surface area contributed by atoms with Crippen molar-refractivity contribution in [1.82, 2.24) is 29.6 Å². The van der Waals surface area contributed by atoms with E-state index < -0.39 is 6.61 Å². The Morgan fingerprint density at radius 1 is 0.974 bits per heavy atom. The molecule has 0 spiro atoms. The molecule has 1 saturated heterocycles. The number of alkyl halides is 2. The van der Waals surface area contributed by atoms with Crippen molar-refractivity contribution in [1.29, 1.82) is 0 Å². The lowest BCUT2D eigenvalue weighted by molar-refractivity contribution is -0.132. The number of carbonyl (C=O) groups excluding carboxylic acids is 1. The molecule has 3 aromatic heterocycles. The lowest BCUT2D eigenvalue weighted by Gasteiger charge is -2.35. The Labute approximate surface area is 217 Å². The smallest absolute Gasteiger partial charge is 0.387 e. The van der Waals surface area contributed by atoms with Gasteiger partial charge in [0.1, 0.15) is 30.1 Å². The van der Waals surface area contributed by atoms with Crippen LogP contribution in [0.3, 0.4) is 0 Å². The second-order valence-corrected chi connectivity index (χ2v) is 8.48. The summed E-state index contributed by atoms with van der Waals surface area (Å²) in [5, 5.41) is 4.64. The fraction of sp³-hybridized carbons (Fsp3) is 0.269. The summed E-state index contributed by atoms with van der Waals surface area (Å²) in [4.78, 5) is 29.7. The summed E-state index contributed by atoms with van der Waals surface area (Å²) in [5.74, 6) is 1.14. The highest BCUT2D eigenvalue weighted by atomic mass is 19.3. The van der Waals surface area contributed by atoms with Crippen molar-refractivity contribution in [2.24, 2.45) is 0 Å². The van der Waals surface area contributed by atoms with Crippen LogP contribution >= 0.6 is 0 Å². The lowest BCUT2D eigenvalue weighted by atomic mass is 10.1. The van der Waals surface area contributed by atoms with Gasteiger partial charge in [0.15, 0.2) is 0 Å². The number of pyridine rings is 1. The van der Waals surface area contributed by atoms with Gasteiger partial charge in [-0.15, -0.1) is 0 Å². The van der Waals surface area contributed by atoms with E-state index in [2.05, 4.69) is 29.7 Å². The largest absolute Gasteiger partial charge is 0.481 e. The molecule has 0 radical (unpaired) electrons. The van der Waals surface area contributed by atoms with Gasteiger partial charge in [-0.2, -0.15) is 13.9 Å². The fourth-order valence-electron chi connectivity index (χ4n) is 4.24. The Balaban J connectivity index is 1.32.